The van der Waals surface area contributed by atoms with Gasteiger partial charge in [-0.1, -0.05) is 24.9 Å². The zero-order valence-electron chi connectivity index (χ0n) is 11.0. The zero-order chi connectivity index (χ0) is 15.1. The summed E-state index contributed by atoms with van der Waals surface area (Å²) in [6.45, 7) is 6.24. The van der Waals surface area contributed by atoms with Crippen LogP contribution < -0.4 is 5.32 Å². The molecule has 0 aliphatic carbocycles. The summed E-state index contributed by atoms with van der Waals surface area (Å²) in [5, 5.41) is 9.08. The van der Waals surface area contributed by atoms with Crippen LogP contribution in [0.25, 0.3) is 5.00 Å². The normalized spacial score (nSPS) is 12.7. The number of rotatable bonds is 3. The zero-order valence-corrected chi connectivity index (χ0v) is 12.8. The summed E-state index contributed by atoms with van der Waals surface area (Å²) in [5.74, 6) is -1.83. The van der Waals surface area contributed by atoms with Crippen molar-refractivity contribution in [2.45, 2.75) is 25.8 Å². The van der Waals surface area contributed by atoms with Gasteiger partial charge in [0.15, 0.2) is 0 Å². The molecule has 0 aromatic carbocycles. The molecule has 0 radical (unpaired) electrons. The Hall–Kier alpha value is -1.48. The van der Waals surface area contributed by atoms with Gasteiger partial charge < -0.3 is 0 Å². The third kappa shape index (κ3) is 2.83. The van der Waals surface area contributed by atoms with Crippen LogP contribution in [-0.4, -0.2) is 35.0 Å². The van der Waals surface area contributed by atoms with E-state index in [0.717, 1.165) is 16.7 Å². The van der Waals surface area contributed by atoms with Gasteiger partial charge >= 0.3 is 6.18 Å². The van der Waals surface area contributed by atoms with Crippen molar-refractivity contribution >= 4 is 30.5 Å². The first-order valence-corrected chi connectivity index (χ1v) is 10.1. The van der Waals surface area contributed by atoms with Crippen LogP contribution >= 0.6 is 11.3 Å². The number of Topliss-reactive ketones (excluding diaryl/α,β-unsaturated/α-hetero) is 1. The molecule has 4 nitrogen and oxygen atoms in total. The van der Waals surface area contributed by atoms with Crippen molar-refractivity contribution in [3.05, 3.63) is 23.2 Å². The lowest BCUT2D eigenvalue weighted by atomic mass is 10.3. The number of ketones is 1. The highest BCUT2D eigenvalue weighted by Gasteiger charge is 2.40. The molecule has 0 aliphatic rings. The van der Waals surface area contributed by atoms with Crippen LogP contribution in [0.2, 0.25) is 19.6 Å². The van der Waals surface area contributed by atoms with Crippen molar-refractivity contribution < 1.29 is 18.0 Å². The quantitative estimate of drug-likeness (QED) is 0.645. The van der Waals surface area contributed by atoms with Gasteiger partial charge in [-0.2, -0.15) is 13.2 Å². The first-order valence-electron chi connectivity index (χ1n) is 5.73. The predicted octanol–water partition coefficient (Wildman–Crippen LogP) is 2.62. The van der Waals surface area contributed by atoms with Crippen LogP contribution in [0.5, 0.6) is 0 Å². The Morgan fingerprint density at radius 1 is 1.30 bits per heavy atom. The molecule has 0 atom stereocenters. The fraction of sp³-hybridized carbons (Fsp3) is 0.364. The SMILES string of the molecule is C[Si](C)(C)c1cnnn1-c1ccc(C(=O)C(F)(F)F)s1. The standard InChI is InChI=1S/C11H12F3N3OSSi/c1-20(2,3)9-6-15-16-17(9)8-5-4-7(19-8)10(18)11(12,13)14/h4-6H,1-3H3. The molecule has 2 rings (SSSR count). The van der Waals surface area contributed by atoms with E-state index in [1.807, 2.05) is 0 Å². The second-order valence-corrected chi connectivity index (χ2v) is 11.3. The van der Waals surface area contributed by atoms with Crippen molar-refractivity contribution in [3.63, 3.8) is 0 Å². The van der Waals surface area contributed by atoms with Crippen molar-refractivity contribution in [3.8, 4) is 5.00 Å². The number of aromatic nitrogens is 3. The van der Waals surface area contributed by atoms with E-state index in [1.165, 1.54) is 16.8 Å². The molecule has 0 spiro atoms. The van der Waals surface area contributed by atoms with E-state index in [1.54, 1.807) is 6.20 Å². The summed E-state index contributed by atoms with van der Waals surface area (Å²) in [6, 6.07) is 2.63. The predicted molar refractivity (Wildman–Crippen MR) is 72.6 cm³/mol. The summed E-state index contributed by atoms with van der Waals surface area (Å²) < 4.78 is 38.7. The van der Waals surface area contributed by atoms with Crippen molar-refractivity contribution in [1.82, 2.24) is 15.0 Å². The van der Waals surface area contributed by atoms with Gasteiger partial charge in [0.05, 0.1) is 11.1 Å². The first kappa shape index (κ1) is 14.9. The molecule has 0 N–H and O–H groups in total. The Bertz CT molecular complexity index is 642. The van der Waals surface area contributed by atoms with Crippen LogP contribution in [0.3, 0.4) is 0 Å². The number of thiophene rings is 1. The number of alkyl halides is 3. The highest BCUT2D eigenvalue weighted by molar-refractivity contribution is 7.16. The van der Waals surface area contributed by atoms with Crippen LogP contribution in [0.1, 0.15) is 9.67 Å². The van der Waals surface area contributed by atoms with Crippen molar-refractivity contribution in [1.29, 1.82) is 0 Å². The molecule has 0 fully saturated rings. The first-order chi connectivity index (χ1) is 9.10. The minimum absolute atomic E-state index is 0.343. The number of nitrogens with zero attached hydrogens (tertiary/aromatic N) is 3. The Labute approximate surface area is 118 Å². The second kappa shape index (κ2) is 4.81. The van der Waals surface area contributed by atoms with Crippen LogP contribution in [-0.2, 0) is 0 Å². The number of carbonyl (C=O) groups is 1. The van der Waals surface area contributed by atoms with Gasteiger partial charge in [-0.15, -0.1) is 16.4 Å². The lowest BCUT2D eigenvalue weighted by Crippen LogP contribution is -2.42. The van der Waals surface area contributed by atoms with Crippen LogP contribution in [0, 0.1) is 0 Å². The molecule has 20 heavy (non-hydrogen) atoms. The van der Waals surface area contributed by atoms with Gasteiger partial charge in [0.2, 0.25) is 0 Å². The number of hydrogen-bond acceptors (Lipinski definition) is 4. The molecular weight excluding hydrogens is 307 g/mol. The summed E-state index contributed by atoms with van der Waals surface area (Å²) in [6.07, 6.45) is -3.23. The highest BCUT2D eigenvalue weighted by atomic mass is 32.1. The summed E-state index contributed by atoms with van der Waals surface area (Å²) in [4.78, 5) is 10.8. The molecule has 2 heterocycles. The molecule has 0 bridgehead atoms. The van der Waals surface area contributed by atoms with E-state index in [-0.39, 0.29) is 4.88 Å². The van der Waals surface area contributed by atoms with E-state index in [2.05, 4.69) is 30.0 Å². The Kier molecular flexibility index (Phi) is 3.59. The minimum atomic E-state index is -4.86. The Morgan fingerprint density at radius 2 is 1.95 bits per heavy atom. The fourth-order valence-corrected chi connectivity index (χ4v) is 3.87. The molecule has 0 saturated heterocycles. The average Bonchev–Trinajstić information content (AvgIpc) is 2.94. The van der Waals surface area contributed by atoms with Crippen molar-refractivity contribution in [2.75, 3.05) is 0 Å². The van der Waals surface area contributed by atoms with E-state index >= 15 is 0 Å². The Morgan fingerprint density at radius 3 is 2.50 bits per heavy atom. The second-order valence-electron chi connectivity index (χ2n) is 5.25. The van der Waals surface area contributed by atoms with E-state index in [9.17, 15) is 18.0 Å². The smallest absolute Gasteiger partial charge is 0.283 e. The number of hydrogen-bond donors (Lipinski definition) is 0. The summed E-state index contributed by atoms with van der Waals surface area (Å²) >= 11 is 0.769. The van der Waals surface area contributed by atoms with Gasteiger partial charge in [-0.3, -0.25) is 4.79 Å². The van der Waals surface area contributed by atoms with Gasteiger partial charge in [-0.25, -0.2) is 4.68 Å². The van der Waals surface area contributed by atoms with E-state index in [4.69, 9.17) is 0 Å². The fourth-order valence-electron chi connectivity index (χ4n) is 1.61. The summed E-state index contributed by atoms with van der Waals surface area (Å²) in [5.41, 5.74) is 0. The third-order valence-electron chi connectivity index (χ3n) is 2.60. The number of halogens is 3. The van der Waals surface area contributed by atoms with Gasteiger partial charge in [0.1, 0.15) is 13.1 Å². The highest BCUT2D eigenvalue weighted by Crippen LogP contribution is 2.27. The molecule has 0 aliphatic heterocycles. The molecule has 0 unspecified atom stereocenters. The largest absolute Gasteiger partial charge is 0.455 e. The van der Waals surface area contributed by atoms with Crippen LogP contribution in [0.15, 0.2) is 18.3 Å². The topological polar surface area (TPSA) is 47.8 Å². The molecule has 2 aromatic heterocycles. The molecule has 108 valence electrons. The lowest BCUT2D eigenvalue weighted by molar-refractivity contribution is -0.0882. The van der Waals surface area contributed by atoms with Crippen molar-refractivity contribution in [2.24, 2.45) is 0 Å². The maximum Gasteiger partial charge on any atom is 0.455 e. The van der Waals surface area contributed by atoms with Gasteiger partial charge in [0, 0.05) is 5.32 Å². The van der Waals surface area contributed by atoms with Crippen LogP contribution in [0.4, 0.5) is 13.2 Å². The van der Waals surface area contributed by atoms with E-state index < -0.39 is 20.0 Å². The maximum atomic E-state index is 12.4. The van der Waals surface area contributed by atoms with Gasteiger partial charge in [0.25, 0.3) is 5.78 Å². The Balaban J connectivity index is 2.40. The molecule has 9 heteroatoms. The molecule has 2 aromatic rings. The lowest BCUT2D eigenvalue weighted by Gasteiger charge is -2.15. The van der Waals surface area contributed by atoms with Gasteiger partial charge in [-0.05, 0) is 12.1 Å². The monoisotopic (exact) mass is 319 g/mol. The maximum absolute atomic E-state index is 12.4. The summed E-state index contributed by atoms with van der Waals surface area (Å²) in [7, 11) is -1.73. The minimum Gasteiger partial charge on any atom is -0.283 e. The molecule has 0 saturated carbocycles. The number of carbonyl (C=O) groups excluding carboxylic acids is 1. The average molecular weight is 319 g/mol. The third-order valence-corrected chi connectivity index (χ3v) is 5.54. The molecular formula is C11H12F3N3OSSi. The molecule has 0 amide bonds. The van der Waals surface area contributed by atoms with E-state index in [0.29, 0.717) is 5.00 Å².